The van der Waals surface area contributed by atoms with Crippen molar-refractivity contribution in [1.82, 2.24) is 14.5 Å². The largest absolute Gasteiger partial charge is 0.474 e. The number of phosphoric ester groups is 1. The van der Waals surface area contributed by atoms with Gasteiger partial charge in [-0.2, -0.15) is 0 Å². The number of likely N-dealkylation sites (tertiary alicyclic amines) is 1. The molecule has 2 heterocycles. The Hall–Kier alpha value is -1.80. The summed E-state index contributed by atoms with van der Waals surface area (Å²) in [5.41, 5.74) is -1.43. The van der Waals surface area contributed by atoms with Gasteiger partial charge >= 0.3 is 13.5 Å². The highest BCUT2D eigenvalue weighted by Gasteiger charge is 2.43. The molecule has 2 rings (SSSR count). The van der Waals surface area contributed by atoms with Gasteiger partial charge in [-0.1, -0.05) is 34.6 Å². The molecule has 41 heavy (non-hydrogen) atoms. The summed E-state index contributed by atoms with van der Waals surface area (Å²) in [6.07, 6.45) is 0.532. The summed E-state index contributed by atoms with van der Waals surface area (Å²) in [6.45, 7) is 11.1. The number of hydrogen-bond acceptors (Lipinski definition) is 11. The number of aromatic nitrogens is 2. The number of nitrogens with zero attached hydrogens (tertiary/aromatic N) is 2. The van der Waals surface area contributed by atoms with E-state index < -0.39 is 46.7 Å². The number of H-pyrrole nitrogens is 1. The number of amides is 2. The van der Waals surface area contributed by atoms with Crippen LogP contribution < -0.4 is 11.2 Å². The Bertz CT molecular complexity index is 1230. The number of rotatable bonds is 17. The lowest BCUT2D eigenvalue weighted by molar-refractivity contribution is -0.138. The third kappa shape index (κ3) is 10.2. The first kappa shape index (κ1) is 35.4. The minimum atomic E-state index is -4.06. The molecule has 2 N–H and O–H groups in total. The average Bonchev–Trinajstić information content (AvgIpc) is 3.12. The van der Waals surface area contributed by atoms with Gasteiger partial charge in [0.05, 0.1) is 25.0 Å². The number of aliphatic hydroxyl groups is 1. The van der Waals surface area contributed by atoms with Gasteiger partial charge in [0, 0.05) is 43.7 Å². The maximum absolute atomic E-state index is 13.2. The van der Waals surface area contributed by atoms with E-state index in [2.05, 4.69) is 4.98 Å². The molecular weight excluding hydrogens is 577 g/mol. The third-order valence-corrected chi connectivity index (χ3v) is 9.35. The highest BCUT2D eigenvalue weighted by atomic mass is 32.2. The van der Waals surface area contributed by atoms with E-state index in [0.717, 1.165) is 4.57 Å². The fourth-order valence-corrected chi connectivity index (χ4v) is 7.63. The van der Waals surface area contributed by atoms with Gasteiger partial charge in [0.25, 0.3) is 5.56 Å². The molecule has 1 aromatic rings. The van der Waals surface area contributed by atoms with Crippen LogP contribution in [0.1, 0.15) is 59.4 Å². The van der Waals surface area contributed by atoms with Crippen LogP contribution in [-0.2, 0) is 39.0 Å². The van der Waals surface area contributed by atoms with Crippen molar-refractivity contribution in [3.05, 3.63) is 32.6 Å². The SMILES string of the molecule is CCCN1C(=O)CC(SC(C)(C)CC(C)(C)COP(=O)(OC)OCC(OC)C(O)Cn2cc(C)c(=O)[nH]c2=O)C1=O. The number of nitrogens with one attached hydrogen (secondary N) is 1. The van der Waals surface area contributed by atoms with Gasteiger partial charge in [-0.05, 0) is 25.2 Å². The quantitative estimate of drug-likeness (QED) is 0.194. The van der Waals surface area contributed by atoms with Crippen LogP contribution in [0.25, 0.3) is 0 Å². The van der Waals surface area contributed by atoms with E-state index >= 15 is 0 Å². The van der Waals surface area contributed by atoms with Gasteiger partial charge in [0.2, 0.25) is 11.8 Å². The summed E-state index contributed by atoms with van der Waals surface area (Å²) in [5, 5.41) is 10.2. The summed E-state index contributed by atoms with van der Waals surface area (Å²) in [4.78, 5) is 52.1. The number of hydrogen-bond donors (Lipinski definition) is 2. The van der Waals surface area contributed by atoms with Crippen molar-refractivity contribution in [3.8, 4) is 0 Å². The lowest BCUT2D eigenvalue weighted by atomic mass is 9.84. The zero-order valence-electron chi connectivity index (χ0n) is 25.1. The van der Waals surface area contributed by atoms with Gasteiger partial charge < -0.3 is 9.84 Å². The van der Waals surface area contributed by atoms with Crippen molar-refractivity contribution in [1.29, 1.82) is 0 Å². The van der Waals surface area contributed by atoms with Crippen molar-refractivity contribution < 1.29 is 37.6 Å². The van der Waals surface area contributed by atoms with Crippen molar-refractivity contribution in [2.24, 2.45) is 5.41 Å². The first-order valence-electron chi connectivity index (χ1n) is 13.4. The van der Waals surface area contributed by atoms with E-state index in [0.29, 0.717) is 24.9 Å². The van der Waals surface area contributed by atoms with Crippen LogP contribution in [0.3, 0.4) is 0 Å². The molecule has 0 aliphatic carbocycles. The molecule has 0 bridgehead atoms. The maximum Gasteiger partial charge on any atom is 0.474 e. The van der Waals surface area contributed by atoms with Crippen molar-refractivity contribution in [2.45, 2.75) is 89.6 Å². The van der Waals surface area contributed by atoms with Crippen LogP contribution in [-0.4, -0.2) is 87.6 Å². The van der Waals surface area contributed by atoms with E-state index in [1.54, 1.807) is 0 Å². The molecule has 0 aromatic carbocycles. The standard InChI is InChI=1S/C26H44N3O10PS/c1-9-10-29-21(31)11-20(23(29)33)41-26(5,6)15-25(3,4)16-39-40(35,37-8)38-14-19(36-7)18(30)13-28-12-17(2)22(32)27-24(28)34/h12,18-20,30H,9-11,13-16H2,1-8H3,(H,27,32,34). The lowest BCUT2D eigenvalue weighted by Crippen LogP contribution is -2.40. The number of ether oxygens (including phenoxy) is 1. The first-order chi connectivity index (χ1) is 19.0. The summed E-state index contributed by atoms with van der Waals surface area (Å²) >= 11 is 1.45. The molecule has 2 amide bonds. The first-order valence-corrected chi connectivity index (χ1v) is 15.8. The Morgan fingerprint density at radius 1 is 1.17 bits per heavy atom. The number of thioether (sulfide) groups is 1. The lowest BCUT2D eigenvalue weighted by Gasteiger charge is -2.36. The van der Waals surface area contributed by atoms with Crippen LogP contribution in [0.5, 0.6) is 0 Å². The normalized spacial score (nSPS) is 19.4. The van der Waals surface area contributed by atoms with Crippen LogP contribution in [0, 0.1) is 12.3 Å². The fraction of sp³-hybridized carbons (Fsp3) is 0.769. The monoisotopic (exact) mass is 621 g/mol. The molecule has 0 radical (unpaired) electrons. The molecule has 1 aliphatic rings. The molecule has 1 aromatic heterocycles. The van der Waals surface area contributed by atoms with Crippen molar-refractivity contribution in [2.75, 3.05) is 34.0 Å². The molecule has 1 aliphatic heterocycles. The topological polar surface area (TPSA) is 166 Å². The van der Waals surface area contributed by atoms with E-state index in [1.807, 2.05) is 34.6 Å². The summed E-state index contributed by atoms with van der Waals surface area (Å²) in [7, 11) is -1.55. The molecule has 0 spiro atoms. The molecular formula is C26H44N3O10PS. The molecule has 13 nitrogen and oxygen atoms in total. The number of carbonyl (C=O) groups excluding carboxylic acids is 2. The minimum absolute atomic E-state index is 0.00609. The molecule has 4 atom stereocenters. The smallest absolute Gasteiger partial charge is 0.388 e. The fourth-order valence-electron chi connectivity index (χ4n) is 4.80. The molecule has 234 valence electrons. The molecule has 15 heteroatoms. The zero-order chi connectivity index (χ0) is 31.2. The molecule has 4 unspecified atom stereocenters. The second-order valence-corrected chi connectivity index (χ2v) is 15.2. The zero-order valence-corrected chi connectivity index (χ0v) is 26.8. The number of phosphoric acid groups is 1. The van der Waals surface area contributed by atoms with E-state index in [4.69, 9.17) is 18.3 Å². The predicted molar refractivity (Wildman–Crippen MR) is 155 cm³/mol. The van der Waals surface area contributed by atoms with Gasteiger partial charge in [0.1, 0.15) is 12.2 Å². The van der Waals surface area contributed by atoms with Crippen LogP contribution in [0.15, 0.2) is 15.8 Å². The number of methoxy groups -OCH3 is 1. The summed E-state index contributed by atoms with van der Waals surface area (Å²) < 4.78 is 35.3. The highest BCUT2D eigenvalue weighted by Crippen LogP contribution is 2.51. The van der Waals surface area contributed by atoms with Gasteiger partial charge in [-0.25, -0.2) is 9.36 Å². The minimum Gasteiger partial charge on any atom is -0.388 e. The van der Waals surface area contributed by atoms with Gasteiger partial charge in [-0.15, -0.1) is 11.8 Å². The van der Waals surface area contributed by atoms with Crippen molar-refractivity contribution in [3.63, 3.8) is 0 Å². The number of aliphatic hydroxyl groups excluding tert-OH is 1. The van der Waals surface area contributed by atoms with Crippen LogP contribution >= 0.6 is 19.6 Å². The second-order valence-electron chi connectivity index (χ2n) is 11.6. The van der Waals surface area contributed by atoms with E-state index in [1.165, 1.54) is 44.0 Å². The third-order valence-electron chi connectivity index (χ3n) is 6.55. The van der Waals surface area contributed by atoms with Crippen molar-refractivity contribution >= 4 is 31.4 Å². The predicted octanol–water partition coefficient (Wildman–Crippen LogP) is 2.47. The molecule has 0 saturated carbocycles. The maximum atomic E-state index is 13.2. The Balaban J connectivity index is 1.96. The Morgan fingerprint density at radius 3 is 2.41 bits per heavy atom. The highest BCUT2D eigenvalue weighted by molar-refractivity contribution is 8.02. The number of imide groups is 1. The van der Waals surface area contributed by atoms with E-state index in [-0.39, 0.29) is 38.0 Å². The van der Waals surface area contributed by atoms with Gasteiger partial charge in [0.15, 0.2) is 0 Å². The number of carbonyl (C=O) groups is 2. The number of aromatic amines is 1. The average molecular weight is 622 g/mol. The van der Waals surface area contributed by atoms with Gasteiger partial charge in [-0.3, -0.25) is 42.4 Å². The Labute approximate surface area is 244 Å². The van der Waals surface area contributed by atoms with Crippen LogP contribution in [0.2, 0.25) is 0 Å². The van der Waals surface area contributed by atoms with Crippen LogP contribution in [0.4, 0.5) is 0 Å². The second kappa shape index (κ2) is 14.6. The Morgan fingerprint density at radius 2 is 1.83 bits per heavy atom. The molecule has 1 fully saturated rings. The summed E-state index contributed by atoms with van der Waals surface area (Å²) in [6, 6.07) is 0. The molecule has 1 saturated heterocycles. The Kier molecular flexibility index (Phi) is 12.6. The summed E-state index contributed by atoms with van der Waals surface area (Å²) in [5.74, 6) is -0.303. The van der Waals surface area contributed by atoms with E-state index in [9.17, 15) is 28.8 Å². The number of aryl methyl sites for hydroxylation is 1.